The van der Waals surface area contributed by atoms with Crippen molar-refractivity contribution in [1.82, 2.24) is 9.88 Å². The van der Waals surface area contributed by atoms with E-state index in [1.54, 1.807) is 18.3 Å². The molecule has 1 aliphatic heterocycles. The van der Waals surface area contributed by atoms with Crippen LogP contribution in [0.4, 0.5) is 4.79 Å². The van der Waals surface area contributed by atoms with Crippen molar-refractivity contribution in [3.05, 3.63) is 53.2 Å². The summed E-state index contributed by atoms with van der Waals surface area (Å²) in [7, 11) is 0. The van der Waals surface area contributed by atoms with Gasteiger partial charge < -0.3 is 9.47 Å². The lowest BCUT2D eigenvalue weighted by Crippen LogP contribution is -2.35. The minimum atomic E-state index is -0.719. The fraction of sp³-hybridized carbons (Fsp3) is 0.263. The van der Waals surface area contributed by atoms with Crippen LogP contribution in [0.15, 0.2) is 46.5 Å². The molecule has 27 heavy (non-hydrogen) atoms. The molecule has 0 unspecified atom stereocenters. The Balaban J connectivity index is 1.69. The molecule has 0 aliphatic carbocycles. The van der Waals surface area contributed by atoms with E-state index in [-0.39, 0.29) is 18.7 Å². The van der Waals surface area contributed by atoms with E-state index in [1.807, 2.05) is 32.0 Å². The van der Waals surface area contributed by atoms with Gasteiger partial charge in [0.05, 0.1) is 12.1 Å². The van der Waals surface area contributed by atoms with Gasteiger partial charge in [-0.3, -0.25) is 4.79 Å². The molecule has 0 spiro atoms. The molecule has 2 amide bonds. The lowest BCUT2D eigenvalue weighted by atomic mass is 10.1. The number of ether oxygens (including phenoxy) is 2. The van der Waals surface area contributed by atoms with Gasteiger partial charge in [0.1, 0.15) is 11.6 Å². The molecule has 1 aromatic carbocycles. The van der Waals surface area contributed by atoms with Crippen LogP contribution in [0.2, 0.25) is 0 Å². The molecule has 140 valence electrons. The topological polar surface area (TPSA) is 85.8 Å². The van der Waals surface area contributed by atoms with Gasteiger partial charge in [-0.15, -0.1) is 0 Å². The number of carbonyl (C=O) groups is 3. The Bertz CT molecular complexity index is 899. The molecule has 1 aromatic heterocycles. The first kappa shape index (κ1) is 18.9. The predicted octanol–water partition coefficient (Wildman–Crippen LogP) is 2.99. The molecule has 2 aromatic rings. The first-order valence-corrected chi connectivity index (χ1v) is 9.11. The highest BCUT2D eigenvalue weighted by Gasteiger charge is 2.29. The van der Waals surface area contributed by atoms with E-state index in [9.17, 15) is 14.4 Å². The number of nitrogens with zero attached hydrogens (tertiary/aromatic N) is 2. The van der Waals surface area contributed by atoms with Gasteiger partial charge in [-0.1, -0.05) is 17.8 Å². The van der Waals surface area contributed by atoms with E-state index in [0.29, 0.717) is 5.03 Å². The van der Waals surface area contributed by atoms with Gasteiger partial charge in [0.15, 0.2) is 6.61 Å². The van der Waals surface area contributed by atoms with Crippen LogP contribution >= 0.6 is 11.8 Å². The van der Waals surface area contributed by atoms with Gasteiger partial charge in [0.2, 0.25) is 0 Å². The van der Waals surface area contributed by atoms with Gasteiger partial charge >= 0.3 is 12.1 Å². The van der Waals surface area contributed by atoms with Gasteiger partial charge in [-0.2, -0.15) is 0 Å². The van der Waals surface area contributed by atoms with Crippen molar-refractivity contribution in [2.45, 2.75) is 23.8 Å². The van der Waals surface area contributed by atoms with Gasteiger partial charge in [-0.25, -0.2) is 19.5 Å². The monoisotopic (exact) mass is 386 g/mol. The average molecular weight is 386 g/mol. The molecule has 8 heteroatoms. The number of amides is 2. The molecule has 0 radical (unpaired) electrons. The van der Waals surface area contributed by atoms with Crippen molar-refractivity contribution < 1.29 is 23.9 Å². The van der Waals surface area contributed by atoms with E-state index in [4.69, 9.17) is 9.47 Å². The zero-order valence-electron chi connectivity index (χ0n) is 14.9. The number of aryl methyl sites for hydroxylation is 2. The molecule has 0 N–H and O–H groups in total. The second-order valence-electron chi connectivity index (χ2n) is 5.94. The van der Waals surface area contributed by atoms with E-state index >= 15 is 0 Å². The number of carbonyl (C=O) groups excluding carboxylic acids is 3. The smallest absolute Gasteiger partial charge is 0.416 e. The number of benzene rings is 1. The Morgan fingerprint density at radius 1 is 1.26 bits per heavy atom. The molecule has 2 heterocycles. The summed E-state index contributed by atoms with van der Waals surface area (Å²) in [6.45, 7) is 3.83. The summed E-state index contributed by atoms with van der Waals surface area (Å²) in [6, 6.07) is 9.20. The number of hydrogen-bond acceptors (Lipinski definition) is 7. The molecule has 0 atom stereocenters. The quantitative estimate of drug-likeness (QED) is 0.730. The number of aromatic nitrogens is 1. The first-order valence-electron chi connectivity index (χ1n) is 8.30. The SMILES string of the molecule is Cc1ccc(Sc2ncccc2C(=O)OCC(=O)N2CCOC2=O)cc1C. The van der Waals surface area contributed by atoms with Gasteiger partial charge in [-0.05, 0) is 49.2 Å². The summed E-state index contributed by atoms with van der Waals surface area (Å²) >= 11 is 1.34. The number of rotatable bonds is 5. The van der Waals surface area contributed by atoms with E-state index in [2.05, 4.69) is 4.98 Å². The summed E-state index contributed by atoms with van der Waals surface area (Å²) in [6.07, 6.45) is 0.870. The number of esters is 1. The fourth-order valence-electron chi connectivity index (χ4n) is 2.42. The van der Waals surface area contributed by atoms with Crippen LogP contribution in [-0.4, -0.2) is 47.6 Å². The minimum absolute atomic E-state index is 0.151. The Morgan fingerprint density at radius 2 is 2.07 bits per heavy atom. The summed E-state index contributed by atoms with van der Waals surface area (Å²) in [5.74, 6) is -1.28. The van der Waals surface area contributed by atoms with Crippen molar-refractivity contribution in [3.8, 4) is 0 Å². The van der Waals surface area contributed by atoms with Crippen LogP contribution in [0.25, 0.3) is 0 Å². The summed E-state index contributed by atoms with van der Waals surface area (Å²) < 4.78 is 9.77. The third-order valence-corrected chi connectivity index (χ3v) is 5.08. The lowest BCUT2D eigenvalue weighted by Gasteiger charge is -2.12. The number of hydrogen-bond donors (Lipinski definition) is 0. The first-order chi connectivity index (χ1) is 13.0. The average Bonchev–Trinajstić information content (AvgIpc) is 3.09. The maximum Gasteiger partial charge on any atom is 0.416 e. The fourth-order valence-corrected chi connectivity index (χ4v) is 3.39. The van der Waals surface area contributed by atoms with Crippen molar-refractivity contribution in [3.63, 3.8) is 0 Å². The van der Waals surface area contributed by atoms with E-state index in [0.717, 1.165) is 15.4 Å². The molecule has 0 saturated carbocycles. The maximum atomic E-state index is 12.4. The maximum absolute atomic E-state index is 12.4. The third-order valence-electron chi connectivity index (χ3n) is 4.07. The Morgan fingerprint density at radius 3 is 2.78 bits per heavy atom. The number of cyclic esters (lactones) is 1. The van der Waals surface area contributed by atoms with Crippen molar-refractivity contribution >= 4 is 29.7 Å². The van der Waals surface area contributed by atoms with Crippen molar-refractivity contribution in [2.24, 2.45) is 0 Å². The highest BCUT2D eigenvalue weighted by atomic mass is 32.2. The van der Waals surface area contributed by atoms with Crippen LogP contribution in [-0.2, 0) is 14.3 Å². The molecule has 7 nitrogen and oxygen atoms in total. The zero-order chi connectivity index (χ0) is 19.4. The second-order valence-corrected chi connectivity index (χ2v) is 7.00. The van der Waals surface area contributed by atoms with Crippen LogP contribution in [0.5, 0.6) is 0 Å². The molecular weight excluding hydrogens is 368 g/mol. The number of pyridine rings is 1. The molecular formula is C19H18N2O5S. The van der Waals surface area contributed by atoms with Crippen molar-refractivity contribution in [1.29, 1.82) is 0 Å². The van der Waals surface area contributed by atoms with Gasteiger partial charge in [0.25, 0.3) is 5.91 Å². The summed E-state index contributed by atoms with van der Waals surface area (Å²) in [5, 5.41) is 0.485. The van der Waals surface area contributed by atoms with Crippen molar-refractivity contribution in [2.75, 3.05) is 19.8 Å². The third kappa shape index (κ3) is 4.46. The molecule has 1 fully saturated rings. The Kier molecular flexibility index (Phi) is 5.75. The highest BCUT2D eigenvalue weighted by molar-refractivity contribution is 7.99. The van der Waals surface area contributed by atoms with Crippen LogP contribution in [0.1, 0.15) is 21.5 Å². The standard InChI is InChI=1S/C19H18N2O5S/c1-12-5-6-14(10-13(12)2)27-17-15(4-3-7-20-17)18(23)26-11-16(22)21-8-9-25-19(21)24/h3-7,10H,8-9,11H2,1-2H3. The van der Waals surface area contributed by atoms with Crippen LogP contribution in [0, 0.1) is 13.8 Å². The Hall–Kier alpha value is -2.87. The number of imide groups is 1. The van der Waals surface area contributed by atoms with Crippen LogP contribution < -0.4 is 0 Å². The molecule has 1 aliphatic rings. The Labute approximate surface area is 160 Å². The largest absolute Gasteiger partial charge is 0.452 e. The molecule has 0 bridgehead atoms. The predicted molar refractivity (Wildman–Crippen MR) is 97.6 cm³/mol. The zero-order valence-corrected chi connectivity index (χ0v) is 15.7. The highest BCUT2D eigenvalue weighted by Crippen LogP contribution is 2.30. The normalized spacial score (nSPS) is 13.4. The molecule has 1 saturated heterocycles. The van der Waals surface area contributed by atoms with Crippen LogP contribution in [0.3, 0.4) is 0 Å². The van der Waals surface area contributed by atoms with E-state index in [1.165, 1.54) is 17.3 Å². The summed E-state index contributed by atoms with van der Waals surface area (Å²) in [5.41, 5.74) is 2.58. The lowest BCUT2D eigenvalue weighted by molar-refractivity contribution is -0.131. The van der Waals surface area contributed by atoms with E-state index < -0.39 is 24.6 Å². The second kappa shape index (κ2) is 8.22. The van der Waals surface area contributed by atoms with Gasteiger partial charge in [0, 0.05) is 11.1 Å². The molecule has 3 rings (SSSR count). The minimum Gasteiger partial charge on any atom is -0.452 e. The summed E-state index contributed by atoms with van der Waals surface area (Å²) in [4.78, 5) is 41.9.